The maximum absolute atomic E-state index is 13.0. The predicted molar refractivity (Wildman–Crippen MR) is 89.2 cm³/mol. The molecule has 4 rings (SSSR count). The number of rotatable bonds is 3. The highest BCUT2D eigenvalue weighted by Crippen LogP contribution is 2.34. The van der Waals surface area contributed by atoms with Crippen molar-refractivity contribution < 1.29 is 9.42 Å². The minimum Gasteiger partial charge on any atom is -0.332 e. The van der Waals surface area contributed by atoms with Crippen molar-refractivity contribution in [3.63, 3.8) is 0 Å². The van der Waals surface area contributed by atoms with Crippen molar-refractivity contribution in [3.05, 3.63) is 33.3 Å². The number of hydrazine groups is 1. The summed E-state index contributed by atoms with van der Waals surface area (Å²) in [6.07, 6.45) is 2.66. The highest BCUT2D eigenvalue weighted by Gasteiger charge is 2.39. The lowest BCUT2D eigenvalue weighted by molar-refractivity contribution is -0.134. The summed E-state index contributed by atoms with van der Waals surface area (Å²) in [4.78, 5) is 17.5. The van der Waals surface area contributed by atoms with Crippen molar-refractivity contribution in [1.29, 1.82) is 0 Å². The third-order valence-electron chi connectivity index (χ3n) is 4.85. The van der Waals surface area contributed by atoms with Gasteiger partial charge in [-0.2, -0.15) is 0 Å². The second-order valence-corrected chi connectivity index (χ2v) is 7.82. The van der Waals surface area contributed by atoms with Gasteiger partial charge in [-0.3, -0.25) is 4.79 Å². The number of carbonyl (C=O) groups excluding carboxylic acids is 1. The molecule has 0 bridgehead atoms. The predicted octanol–water partition coefficient (Wildman–Crippen LogP) is 2.02. The van der Waals surface area contributed by atoms with Gasteiger partial charge in [0.25, 0.3) is 0 Å². The molecule has 24 heavy (non-hydrogen) atoms. The number of aromatic nitrogens is 2. The van der Waals surface area contributed by atoms with E-state index in [1.54, 1.807) is 11.3 Å². The summed E-state index contributed by atoms with van der Waals surface area (Å²) in [6.45, 7) is 4.73. The lowest BCUT2D eigenvalue weighted by Gasteiger charge is -2.25. The number of thiophene rings is 1. The van der Waals surface area contributed by atoms with Crippen molar-refractivity contribution in [1.82, 2.24) is 26.1 Å². The van der Waals surface area contributed by atoms with Crippen molar-refractivity contribution in [3.8, 4) is 0 Å². The Balaban J connectivity index is 1.47. The van der Waals surface area contributed by atoms with E-state index in [4.69, 9.17) is 4.63 Å². The molecule has 0 aliphatic carbocycles. The van der Waals surface area contributed by atoms with Gasteiger partial charge in [0.05, 0.1) is 12.1 Å². The van der Waals surface area contributed by atoms with E-state index in [9.17, 15) is 4.79 Å². The van der Waals surface area contributed by atoms with E-state index < -0.39 is 0 Å². The van der Waals surface area contributed by atoms with Crippen molar-refractivity contribution in [2.45, 2.75) is 51.2 Å². The van der Waals surface area contributed by atoms with E-state index in [0.717, 1.165) is 37.2 Å². The van der Waals surface area contributed by atoms with Gasteiger partial charge in [0.1, 0.15) is 17.4 Å². The molecular weight excluding hydrogens is 326 g/mol. The molecule has 2 saturated heterocycles. The third kappa shape index (κ3) is 2.74. The molecule has 3 atom stereocenters. The molecule has 2 N–H and O–H groups in total. The first-order chi connectivity index (χ1) is 11.6. The molecule has 2 aromatic heterocycles. The molecule has 2 aliphatic rings. The number of nitrogens with zero attached hydrogens (tertiary/aromatic N) is 3. The SMILES string of the molecule is Cc1ccc(C2CC(C(=O)N3CCCC3c3nonc3C)NN2)s1. The van der Waals surface area contributed by atoms with Crippen LogP contribution in [0.4, 0.5) is 0 Å². The Morgan fingerprint density at radius 2 is 2.21 bits per heavy atom. The van der Waals surface area contributed by atoms with Crippen LogP contribution in [0, 0.1) is 13.8 Å². The van der Waals surface area contributed by atoms with Crippen LogP contribution in [0.15, 0.2) is 16.8 Å². The normalized spacial score (nSPS) is 27.1. The van der Waals surface area contributed by atoms with Crippen LogP contribution in [0.5, 0.6) is 0 Å². The monoisotopic (exact) mass is 347 g/mol. The molecule has 0 spiro atoms. The molecule has 1 amide bonds. The van der Waals surface area contributed by atoms with Crippen molar-refractivity contribution in [2.75, 3.05) is 6.54 Å². The third-order valence-corrected chi connectivity index (χ3v) is 5.96. The Morgan fingerprint density at radius 1 is 1.33 bits per heavy atom. The molecule has 4 heterocycles. The van der Waals surface area contributed by atoms with Crippen molar-refractivity contribution >= 4 is 17.2 Å². The zero-order chi connectivity index (χ0) is 16.7. The number of nitrogens with one attached hydrogen (secondary N) is 2. The Labute approximate surface area is 144 Å². The zero-order valence-corrected chi connectivity index (χ0v) is 14.6. The summed E-state index contributed by atoms with van der Waals surface area (Å²) >= 11 is 1.77. The van der Waals surface area contributed by atoms with Crippen LogP contribution >= 0.6 is 11.3 Å². The maximum atomic E-state index is 13.0. The standard InChI is InChI=1S/C16H21N5O2S/c1-9-5-6-14(24-9)11-8-12(18-17-11)16(22)21-7-3-4-13(21)15-10(2)19-23-20-15/h5-6,11-13,17-18H,3-4,7-8H2,1-2H3. The first-order valence-corrected chi connectivity index (χ1v) is 9.12. The van der Waals surface area contributed by atoms with Gasteiger partial charge in [0.15, 0.2) is 0 Å². The van der Waals surface area contributed by atoms with Gasteiger partial charge in [0, 0.05) is 16.3 Å². The number of carbonyl (C=O) groups is 1. The second-order valence-electron chi connectivity index (χ2n) is 6.50. The van der Waals surface area contributed by atoms with E-state index in [1.165, 1.54) is 9.75 Å². The summed E-state index contributed by atoms with van der Waals surface area (Å²) in [5.74, 6) is 0.128. The fourth-order valence-corrected chi connectivity index (χ4v) is 4.54. The highest BCUT2D eigenvalue weighted by molar-refractivity contribution is 7.12. The summed E-state index contributed by atoms with van der Waals surface area (Å²) in [5, 5.41) is 7.86. The quantitative estimate of drug-likeness (QED) is 0.884. The van der Waals surface area contributed by atoms with E-state index in [1.807, 2.05) is 11.8 Å². The molecule has 0 radical (unpaired) electrons. The number of hydrogen-bond donors (Lipinski definition) is 2. The molecule has 2 aliphatic heterocycles. The average molecular weight is 347 g/mol. The molecule has 0 saturated carbocycles. The molecule has 3 unspecified atom stereocenters. The number of likely N-dealkylation sites (tertiary alicyclic amines) is 1. The summed E-state index contributed by atoms with van der Waals surface area (Å²) in [5.41, 5.74) is 8.00. The first-order valence-electron chi connectivity index (χ1n) is 8.30. The molecule has 8 heteroatoms. The fraction of sp³-hybridized carbons (Fsp3) is 0.562. The molecular formula is C16H21N5O2S. The van der Waals surface area contributed by atoms with E-state index in [0.29, 0.717) is 0 Å². The topological polar surface area (TPSA) is 83.3 Å². The number of aryl methyl sites for hydroxylation is 2. The first kappa shape index (κ1) is 15.7. The summed E-state index contributed by atoms with van der Waals surface area (Å²) in [7, 11) is 0. The Kier molecular flexibility index (Phi) is 4.11. The van der Waals surface area contributed by atoms with Gasteiger partial charge >= 0.3 is 0 Å². The van der Waals surface area contributed by atoms with Crippen LogP contribution in [0.3, 0.4) is 0 Å². The van der Waals surface area contributed by atoms with E-state index in [-0.39, 0.29) is 24.0 Å². The van der Waals surface area contributed by atoms with Crippen molar-refractivity contribution in [2.24, 2.45) is 0 Å². The average Bonchev–Trinajstić information content (AvgIpc) is 3.33. The summed E-state index contributed by atoms with van der Waals surface area (Å²) < 4.78 is 4.82. The summed E-state index contributed by atoms with van der Waals surface area (Å²) in [6, 6.07) is 4.21. The lowest BCUT2D eigenvalue weighted by atomic mass is 10.1. The highest BCUT2D eigenvalue weighted by atomic mass is 32.1. The van der Waals surface area contributed by atoms with Crippen LogP contribution in [-0.2, 0) is 4.79 Å². The fourth-order valence-electron chi connectivity index (χ4n) is 3.60. The molecule has 2 aromatic rings. The second kappa shape index (κ2) is 6.27. The number of amides is 1. The van der Waals surface area contributed by atoms with Crippen LogP contribution in [-0.4, -0.2) is 33.7 Å². The van der Waals surface area contributed by atoms with Crippen LogP contribution in [0.1, 0.15) is 52.5 Å². The minimum atomic E-state index is -0.210. The van der Waals surface area contributed by atoms with E-state index in [2.05, 4.69) is 40.2 Å². The van der Waals surface area contributed by atoms with Gasteiger partial charge in [-0.05, 0) is 45.2 Å². The lowest BCUT2D eigenvalue weighted by Crippen LogP contribution is -2.45. The van der Waals surface area contributed by atoms with Gasteiger partial charge < -0.3 is 4.90 Å². The molecule has 128 valence electrons. The maximum Gasteiger partial charge on any atom is 0.241 e. The van der Waals surface area contributed by atoms with Gasteiger partial charge in [-0.25, -0.2) is 15.5 Å². The van der Waals surface area contributed by atoms with Gasteiger partial charge in [0.2, 0.25) is 5.91 Å². The van der Waals surface area contributed by atoms with Crippen LogP contribution < -0.4 is 10.9 Å². The largest absolute Gasteiger partial charge is 0.332 e. The van der Waals surface area contributed by atoms with E-state index >= 15 is 0 Å². The smallest absolute Gasteiger partial charge is 0.241 e. The zero-order valence-electron chi connectivity index (χ0n) is 13.8. The van der Waals surface area contributed by atoms with Gasteiger partial charge in [-0.15, -0.1) is 11.3 Å². The van der Waals surface area contributed by atoms with Crippen LogP contribution in [0.25, 0.3) is 0 Å². The Hall–Kier alpha value is -1.77. The number of hydrogen-bond acceptors (Lipinski definition) is 7. The van der Waals surface area contributed by atoms with Crippen LogP contribution in [0.2, 0.25) is 0 Å². The Morgan fingerprint density at radius 3 is 2.92 bits per heavy atom. The Bertz CT molecular complexity index is 742. The van der Waals surface area contributed by atoms with Gasteiger partial charge in [-0.1, -0.05) is 10.3 Å². The minimum absolute atomic E-state index is 0.0198. The molecule has 7 nitrogen and oxygen atoms in total. The molecule has 0 aromatic carbocycles. The molecule has 2 fully saturated rings.